The van der Waals surface area contributed by atoms with Crippen LogP contribution in [0.15, 0.2) is 42.5 Å². The number of rotatable bonds is 5. The summed E-state index contributed by atoms with van der Waals surface area (Å²) in [4.78, 5) is 38.2. The van der Waals surface area contributed by atoms with Crippen LogP contribution in [0.2, 0.25) is 0 Å². The quantitative estimate of drug-likeness (QED) is 0.635. The second kappa shape index (κ2) is 8.78. The molecular formula is C23H23FN4O4. The van der Waals surface area contributed by atoms with Gasteiger partial charge in [-0.05, 0) is 48.7 Å². The number of carboxylic acid groups (broad SMARTS) is 1. The number of urea groups is 1. The Balaban J connectivity index is 1.34. The zero-order chi connectivity index (χ0) is 22.8. The molecule has 166 valence electrons. The summed E-state index contributed by atoms with van der Waals surface area (Å²) in [6.07, 6.45) is 1.40. The smallest absolute Gasteiger partial charge is 0.357 e. The lowest BCUT2D eigenvalue weighted by atomic mass is 9.89. The van der Waals surface area contributed by atoms with Crippen LogP contribution < -0.4 is 5.32 Å². The van der Waals surface area contributed by atoms with Crippen LogP contribution in [0.3, 0.4) is 0 Å². The first-order valence-electron chi connectivity index (χ1n) is 10.3. The third-order valence-corrected chi connectivity index (χ3v) is 5.83. The van der Waals surface area contributed by atoms with E-state index in [0.29, 0.717) is 42.5 Å². The first-order valence-corrected chi connectivity index (χ1v) is 10.3. The zero-order valence-electron chi connectivity index (χ0n) is 17.5. The van der Waals surface area contributed by atoms with Gasteiger partial charge in [-0.1, -0.05) is 12.1 Å². The van der Waals surface area contributed by atoms with Gasteiger partial charge in [-0.3, -0.25) is 9.48 Å². The van der Waals surface area contributed by atoms with Crippen LogP contribution >= 0.6 is 0 Å². The monoisotopic (exact) mass is 438 g/mol. The molecule has 0 aliphatic carbocycles. The SMILES string of the molecule is Cn1nc(C(=O)O)c2ccc(CC(=O)C3CCN(C(=O)Nc4ccc(F)cc4)CC3)cc21. The summed E-state index contributed by atoms with van der Waals surface area (Å²) < 4.78 is 14.5. The number of Topliss-reactive ketones (excluding diaryl/α,β-unsaturated/α-hetero) is 1. The molecule has 0 unspecified atom stereocenters. The number of carboxylic acids is 1. The lowest BCUT2D eigenvalue weighted by Crippen LogP contribution is -2.42. The third-order valence-electron chi connectivity index (χ3n) is 5.83. The van der Waals surface area contributed by atoms with Gasteiger partial charge in [0, 0.05) is 43.5 Å². The molecule has 32 heavy (non-hydrogen) atoms. The van der Waals surface area contributed by atoms with Gasteiger partial charge in [0.15, 0.2) is 5.69 Å². The highest BCUT2D eigenvalue weighted by atomic mass is 19.1. The summed E-state index contributed by atoms with van der Waals surface area (Å²) in [5.41, 5.74) is 1.98. The first-order chi connectivity index (χ1) is 15.3. The van der Waals surface area contributed by atoms with E-state index in [1.165, 1.54) is 28.9 Å². The number of hydrogen-bond donors (Lipinski definition) is 2. The van der Waals surface area contributed by atoms with Crippen molar-refractivity contribution in [3.63, 3.8) is 0 Å². The maximum absolute atomic E-state index is 13.0. The number of ketones is 1. The van der Waals surface area contributed by atoms with Crippen molar-refractivity contribution in [2.24, 2.45) is 13.0 Å². The van der Waals surface area contributed by atoms with E-state index in [9.17, 15) is 23.9 Å². The fourth-order valence-corrected chi connectivity index (χ4v) is 4.06. The number of likely N-dealkylation sites (tertiary alicyclic amines) is 1. The number of benzene rings is 2. The number of nitrogens with zero attached hydrogens (tertiary/aromatic N) is 3. The second-order valence-corrected chi connectivity index (χ2v) is 7.97. The van der Waals surface area contributed by atoms with Crippen molar-refractivity contribution in [1.82, 2.24) is 14.7 Å². The molecule has 1 aliphatic heterocycles. The molecule has 3 aromatic rings. The maximum Gasteiger partial charge on any atom is 0.357 e. The number of amides is 2. The fraction of sp³-hybridized carbons (Fsp3) is 0.304. The summed E-state index contributed by atoms with van der Waals surface area (Å²) in [6.45, 7) is 0.929. The number of halogens is 1. The van der Waals surface area contributed by atoms with Gasteiger partial charge in [0.25, 0.3) is 0 Å². The molecule has 4 rings (SSSR count). The van der Waals surface area contributed by atoms with Crippen molar-refractivity contribution in [3.8, 4) is 0 Å². The van der Waals surface area contributed by atoms with Crippen molar-refractivity contribution < 1.29 is 23.9 Å². The molecule has 1 aromatic heterocycles. The fourth-order valence-electron chi connectivity index (χ4n) is 4.06. The van der Waals surface area contributed by atoms with Crippen molar-refractivity contribution in [2.75, 3.05) is 18.4 Å². The summed E-state index contributed by atoms with van der Waals surface area (Å²) in [7, 11) is 1.67. The van der Waals surface area contributed by atoms with E-state index in [-0.39, 0.29) is 35.7 Å². The average molecular weight is 438 g/mol. The predicted octanol–water partition coefficient (Wildman–Crippen LogP) is 3.47. The average Bonchev–Trinajstić information content (AvgIpc) is 3.12. The molecule has 0 atom stereocenters. The lowest BCUT2D eigenvalue weighted by molar-refractivity contribution is -0.123. The van der Waals surface area contributed by atoms with Gasteiger partial charge in [0.05, 0.1) is 5.52 Å². The Morgan fingerprint density at radius 1 is 1.12 bits per heavy atom. The highest BCUT2D eigenvalue weighted by molar-refractivity contribution is 6.01. The van der Waals surface area contributed by atoms with Crippen LogP contribution in [0.1, 0.15) is 28.9 Å². The third kappa shape index (κ3) is 4.46. The topological polar surface area (TPSA) is 105 Å². The minimum Gasteiger partial charge on any atom is -0.476 e. The summed E-state index contributed by atoms with van der Waals surface area (Å²) >= 11 is 0. The Hall–Kier alpha value is -3.75. The Labute approximate surface area is 183 Å². The summed E-state index contributed by atoms with van der Waals surface area (Å²) in [5.74, 6) is -1.49. The van der Waals surface area contributed by atoms with Crippen molar-refractivity contribution in [2.45, 2.75) is 19.3 Å². The van der Waals surface area contributed by atoms with Crippen molar-refractivity contribution in [3.05, 3.63) is 59.5 Å². The van der Waals surface area contributed by atoms with Gasteiger partial charge in [0.2, 0.25) is 0 Å². The van der Waals surface area contributed by atoms with E-state index >= 15 is 0 Å². The highest BCUT2D eigenvalue weighted by Crippen LogP contribution is 2.24. The molecule has 2 N–H and O–H groups in total. The van der Waals surface area contributed by atoms with Crippen molar-refractivity contribution in [1.29, 1.82) is 0 Å². The van der Waals surface area contributed by atoms with Crippen LogP contribution in [0.25, 0.3) is 10.9 Å². The molecule has 8 nitrogen and oxygen atoms in total. The number of carbonyl (C=O) groups is 3. The Kier molecular flexibility index (Phi) is 5.89. The van der Waals surface area contributed by atoms with E-state index in [0.717, 1.165) is 5.56 Å². The lowest BCUT2D eigenvalue weighted by Gasteiger charge is -2.31. The van der Waals surface area contributed by atoms with Crippen LogP contribution in [-0.4, -0.2) is 50.7 Å². The minimum atomic E-state index is -1.09. The number of nitrogens with one attached hydrogen (secondary N) is 1. The Morgan fingerprint density at radius 2 is 1.81 bits per heavy atom. The molecule has 0 bridgehead atoms. The molecule has 2 amide bonds. The number of fused-ring (bicyclic) bond motifs is 1. The van der Waals surface area contributed by atoms with E-state index in [1.54, 1.807) is 30.1 Å². The molecule has 2 aromatic carbocycles. The maximum atomic E-state index is 13.0. The van der Waals surface area contributed by atoms with E-state index in [4.69, 9.17) is 0 Å². The van der Waals surface area contributed by atoms with Gasteiger partial charge >= 0.3 is 12.0 Å². The molecule has 2 heterocycles. The number of aromatic nitrogens is 2. The predicted molar refractivity (Wildman–Crippen MR) is 116 cm³/mol. The van der Waals surface area contributed by atoms with Crippen LogP contribution in [0.5, 0.6) is 0 Å². The van der Waals surface area contributed by atoms with Crippen LogP contribution in [0, 0.1) is 11.7 Å². The van der Waals surface area contributed by atoms with Gasteiger partial charge in [-0.25, -0.2) is 14.0 Å². The number of aromatic carboxylic acids is 1. The van der Waals surface area contributed by atoms with Crippen LogP contribution in [0.4, 0.5) is 14.9 Å². The summed E-state index contributed by atoms with van der Waals surface area (Å²) in [6, 6.07) is 10.6. The molecule has 9 heteroatoms. The molecular weight excluding hydrogens is 415 g/mol. The second-order valence-electron chi connectivity index (χ2n) is 7.97. The van der Waals surface area contributed by atoms with Gasteiger partial charge in [-0.2, -0.15) is 5.10 Å². The van der Waals surface area contributed by atoms with Crippen molar-refractivity contribution >= 4 is 34.4 Å². The van der Waals surface area contributed by atoms with Gasteiger partial charge in [-0.15, -0.1) is 0 Å². The Morgan fingerprint density at radius 3 is 2.47 bits per heavy atom. The Bertz CT molecular complexity index is 1180. The largest absolute Gasteiger partial charge is 0.476 e. The minimum absolute atomic E-state index is 0.00772. The molecule has 1 aliphatic rings. The first kappa shape index (κ1) is 21.5. The molecule has 0 radical (unpaired) electrons. The van der Waals surface area contributed by atoms with Gasteiger partial charge < -0.3 is 15.3 Å². The number of carbonyl (C=O) groups excluding carboxylic acids is 2. The number of aryl methyl sites for hydroxylation is 1. The summed E-state index contributed by atoms with van der Waals surface area (Å²) in [5, 5.41) is 16.6. The van der Waals surface area contributed by atoms with E-state index in [1.807, 2.05) is 0 Å². The van der Waals surface area contributed by atoms with Crippen LogP contribution in [-0.2, 0) is 18.3 Å². The van der Waals surface area contributed by atoms with E-state index in [2.05, 4.69) is 10.4 Å². The molecule has 1 fully saturated rings. The zero-order valence-corrected chi connectivity index (χ0v) is 17.5. The standard InChI is InChI=1S/C23H23FN4O4/c1-27-19-12-14(2-7-18(19)21(26-27)22(30)31)13-20(29)15-8-10-28(11-9-15)23(32)25-17-5-3-16(24)4-6-17/h2-7,12,15H,8-11,13H2,1H3,(H,25,32)(H,30,31). The molecule has 0 saturated carbocycles. The molecule has 0 spiro atoms. The normalized spacial score (nSPS) is 14.5. The number of piperidine rings is 1. The number of hydrogen-bond acceptors (Lipinski definition) is 4. The molecule has 1 saturated heterocycles. The number of anilines is 1. The van der Waals surface area contributed by atoms with E-state index < -0.39 is 5.97 Å². The highest BCUT2D eigenvalue weighted by Gasteiger charge is 2.27. The van der Waals surface area contributed by atoms with Gasteiger partial charge in [0.1, 0.15) is 11.6 Å².